The van der Waals surface area contributed by atoms with E-state index in [0.29, 0.717) is 21.3 Å². The van der Waals surface area contributed by atoms with Crippen LogP contribution in [0.1, 0.15) is 5.69 Å². The first-order valence-corrected chi connectivity index (χ1v) is 9.60. The number of alkyl halides is 3. The zero-order chi connectivity index (χ0) is 19.9. The molecule has 2 aromatic carbocycles. The van der Waals surface area contributed by atoms with Gasteiger partial charge in [-0.1, -0.05) is 47.5 Å². The summed E-state index contributed by atoms with van der Waals surface area (Å²) in [7, 11) is 0. The van der Waals surface area contributed by atoms with Gasteiger partial charge in [-0.15, -0.1) is 11.3 Å². The average molecular weight is 440 g/mol. The highest BCUT2D eigenvalue weighted by Crippen LogP contribution is 2.35. The zero-order valence-electron chi connectivity index (χ0n) is 13.9. The Kier molecular flexibility index (Phi) is 4.91. The third-order valence-electron chi connectivity index (χ3n) is 3.95. The van der Waals surface area contributed by atoms with Gasteiger partial charge in [-0.05, 0) is 30.3 Å². The summed E-state index contributed by atoms with van der Waals surface area (Å²) in [5, 5.41) is 7.01. The standard InChI is InChI=1S/C19H10Cl2F3N3S/c20-13-5-1-11(2-6-13)15-9-17(19(22,23)24)27(26-15)18-25-16(10-28-18)12-3-7-14(21)8-4-12/h1-10H. The molecule has 0 bridgehead atoms. The molecule has 0 amide bonds. The van der Waals surface area contributed by atoms with E-state index in [-0.39, 0.29) is 10.8 Å². The summed E-state index contributed by atoms with van der Waals surface area (Å²) >= 11 is 12.8. The van der Waals surface area contributed by atoms with Gasteiger partial charge >= 0.3 is 6.18 Å². The van der Waals surface area contributed by atoms with Crippen LogP contribution in [0.4, 0.5) is 13.2 Å². The summed E-state index contributed by atoms with van der Waals surface area (Å²) in [4.78, 5) is 4.33. The second-order valence-electron chi connectivity index (χ2n) is 5.85. The first kappa shape index (κ1) is 19.0. The number of halogens is 5. The predicted octanol–water partition coefficient (Wildman–Crippen LogP) is 6.99. The summed E-state index contributed by atoms with van der Waals surface area (Å²) in [5.41, 5.74) is 1.13. The van der Waals surface area contributed by atoms with Crippen LogP contribution in [-0.4, -0.2) is 14.8 Å². The molecule has 0 unspecified atom stereocenters. The molecule has 142 valence electrons. The fraction of sp³-hybridized carbons (Fsp3) is 0.0526. The molecular formula is C19H10Cl2F3N3S. The minimum absolute atomic E-state index is 0.123. The van der Waals surface area contributed by atoms with Crippen molar-refractivity contribution < 1.29 is 13.2 Å². The van der Waals surface area contributed by atoms with Crippen molar-refractivity contribution in [1.82, 2.24) is 14.8 Å². The van der Waals surface area contributed by atoms with Crippen molar-refractivity contribution in [3.63, 3.8) is 0 Å². The highest BCUT2D eigenvalue weighted by atomic mass is 35.5. The molecule has 2 heterocycles. The van der Waals surface area contributed by atoms with Crippen molar-refractivity contribution in [3.05, 3.63) is 75.7 Å². The first-order chi connectivity index (χ1) is 13.3. The third-order valence-corrected chi connectivity index (χ3v) is 5.27. The minimum atomic E-state index is -4.58. The molecule has 28 heavy (non-hydrogen) atoms. The van der Waals surface area contributed by atoms with Crippen LogP contribution in [-0.2, 0) is 6.18 Å². The number of hydrogen-bond acceptors (Lipinski definition) is 3. The van der Waals surface area contributed by atoms with Crippen molar-refractivity contribution >= 4 is 34.5 Å². The number of thiazole rings is 1. The van der Waals surface area contributed by atoms with Gasteiger partial charge in [-0.25, -0.2) is 9.67 Å². The molecule has 2 aromatic heterocycles. The molecular weight excluding hydrogens is 430 g/mol. The Morgan fingerprint density at radius 3 is 1.89 bits per heavy atom. The molecule has 0 aliphatic heterocycles. The van der Waals surface area contributed by atoms with Gasteiger partial charge in [-0.3, -0.25) is 0 Å². The van der Waals surface area contributed by atoms with Crippen molar-refractivity contribution in [2.75, 3.05) is 0 Å². The van der Waals surface area contributed by atoms with E-state index in [1.807, 2.05) is 0 Å². The maximum atomic E-state index is 13.6. The first-order valence-electron chi connectivity index (χ1n) is 7.96. The molecule has 0 atom stereocenters. The van der Waals surface area contributed by atoms with Crippen molar-refractivity contribution in [2.45, 2.75) is 6.18 Å². The Morgan fingerprint density at radius 2 is 1.36 bits per heavy atom. The van der Waals surface area contributed by atoms with Crippen molar-refractivity contribution in [1.29, 1.82) is 0 Å². The fourth-order valence-corrected chi connectivity index (χ4v) is 3.65. The molecule has 0 spiro atoms. The van der Waals surface area contributed by atoms with E-state index >= 15 is 0 Å². The molecule has 0 saturated heterocycles. The van der Waals surface area contributed by atoms with Crippen LogP contribution < -0.4 is 0 Å². The molecule has 0 fully saturated rings. The number of nitrogens with zero attached hydrogens (tertiary/aromatic N) is 3. The highest BCUT2D eigenvalue weighted by molar-refractivity contribution is 7.12. The van der Waals surface area contributed by atoms with Gasteiger partial charge in [0.05, 0.1) is 11.4 Å². The second-order valence-corrected chi connectivity index (χ2v) is 7.56. The van der Waals surface area contributed by atoms with Crippen LogP contribution in [0.25, 0.3) is 27.6 Å². The summed E-state index contributed by atoms with van der Waals surface area (Å²) < 4.78 is 41.6. The van der Waals surface area contributed by atoms with E-state index in [4.69, 9.17) is 23.2 Å². The van der Waals surface area contributed by atoms with E-state index in [2.05, 4.69) is 10.1 Å². The van der Waals surface area contributed by atoms with Crippen LogP contribution in [0, 0.1) is 0 Å². The largest absolute Gasteiger partial charge is 0.433 e. The number of rotatable bonds is 3. The lowest BCUT2D eigenvalue weighted by atomic mass is 10.1. The normalized spacial score (nSPS) is 11.8. The van der Waals surface area contributed by atoms with Crippen molar-refractivity contribution in [2.24, 2.45) is 0 Å². The van der Waals surface area contributed by atoms with E-state index < -0.39 is 11.9 Å². The Balaban J connectivity index is 1.78. The topological polar surface area (TPSA) is 30.7 Å². The summed E-state index contributed by atoms with van der Waals surface area (Å²) in [5.74, 6) is 0. The molecule has 3 nitrogen and oxygen atoms in total. The van der Waals surface area contributed by atoms with E-state index in [1.54, 1.807) is 53.9 Å². The van der Waals surface area contributed by atoms with Crippen LogP contribution in [0.5, 0.6) is 0 Å². The Labute approximate surface area is 172 Å². The maximum absolute atomic E-state index is 13.6. The molecule has 0 N–H and O–H groups in total. The maximum Gasteiger partial charge on any atom is 0.433 e. The van der Waals surface area contributed by atoms with Gasteiger partial charge in [-0.2, -0.15) is 18.3 Å². The lowest BCUT2D eigenvalue weighted by molar-refractivity contribution is -0.142. The van der Waals surface area contributed by atoms with Gasteiger partial charge in [0, 0.05) is 26.6 Å². The zero-order valence-corrected chi connectivity index (χ0v) is 16.2. The quantitative estimate of drug-likeness (QED) is 0.344. The predicted molar refractivity (Wildman–Crippen MR) is 105 cm³/mol. The number of benzene rings is 2. The van der Waals surface area contributed by atoms with Crippen LogP contribution in [0.2, 0.25) is 10.0 Å². The molecule has 0 radical (unpaired) electrons. The lowest BCUT2D eigenvalue weighted by Crippen LogP contribution is -2.13. The summed E-state index contributed by atoms with van der Waals surface area (Å²) in [6, 6.07) is 14.4. The van der Waals surface area contributed by atoms with Gasteiger partial charge in [0.2, 0.25) is 5.13 Å². The Hall–Kier alpha value is -2.35. The molecule has 0 aliphatic carbocycles. The highest BCUT2D eigenvalue weighted by Gasteiger charge is 2.37. The Morgan fingerprint density at radius 1 is 0.821 bits per heavy atom. The average Bonchev–Trinajstić information content (AvgIpc) is 3.30. The van der Waals surface area contributed by atoms with Crippen LogP contribution in [0.3, 0.4) is 0 Å². The molecule has 4 aromatic rings. The van der Waals surface area contributed by atoms with Gasteiger partial charge in [0.25, 0.3) is 0 Å². The molecule has 9 heteroatoms. The van der Waals surface area contributed by atoms with Gasteiger partial charge < -0.3 is 0 Å². The Bertz CT molecular complexity index is 1120. The summed E-state index contributed by atoms with van der Waals surface area (Å²) in [6.45, 7) is 0. The van der Waals surface area contributed by atoms with Gasteiger partial charge in [0.15, 0.2) is 5.69 Å². The minimum Gasteiger partial charge on any atom is -0.218 e. The number of aromatic nitrogens is 3. The number of hydrogen-bond donors (Lipinski definition) is 0. The van der Waals surface area contributed by atoms with E-state index in [0.717, 1.165) is 27.6 Å². The molecule has 0 saturated carbocycles. The monoisotopic (exact) mass is 439 g/mol. The van der Waals surface area contributed by atoms with Crippen molar-refractivity contribution in [3.8, 4) is 27.6 Å². The molecule has 0 aliphatic rings. The van der Waals surface area contributed by atoms with E-state index in [1.165, 1.54) is 0 Å². The lowest BCUT2D eigenvalue weighted by Gasteiger charge is -2.07. The SMILES string of the molecule is FC(F)(F)c1cc(-c2ccc(Cl)cc2)nn1-c1nc(-c2ccc(Cl)cc2)cs1. The molecule has 4 rings (SSSR count). The fourth-order valence-electron chi connectivity index (χ4n) is 2.61. The van der Waals surface area contributed by atoms with E-state index in [9.17, 15) is 13.2 Å². The smallest absolute Gasteiger partial charge is 0.218 e. The second kappa shape index (κ2) is 7.24. The van der Waals surface area contributed by atoms with Crippen LogP contribution >= 0.6 is 34.5 Å². The third kappa shape index (κ3) is 3.78. The van der Waals surface area contributed by atoms with Crippen LogP contribution in [0.15, 0.2) is 60.0 Å². The summed E-state index contributed by atoms with van der Waals surface area (Å²) in [6.07, 6.45) is -4.58. The van der Waals surface area contributed by atoms with Gasteiger partial charge in [0.1, 0.15) is 0 Å².